The van der Waals surface area contributed by atoms with Crippen molar-refractivity contribution in [2.45, 2.75) is 64.1 Å². The Hall–Kier alpha value is -5.72. The van der Waals surface area contributed by atoms with Crippen LogP contribution in [0, 0.1) is 5.92 Å². The molecular weight excluding hydrogens is 652 g/mol. The molecule has 0 bridgehead atoms. The molecule has 51 heavy (non-hydrogen) atoms. The number of ether oxygens (including phenoxy) is 1. The third-order valence-corrected chi connectivity index (χ3v) is 9.13. The zero-order chi connectivity index (χ0) is 36.5. The van der Waals surface area contributed by atoms with Gasteiger partial charge in [-0.1, -0.05) is 44.2 Å². The van der Waals surface area contributed by atoms with E-state index in [0.29, 0.717) is 55.0 Å². The minimum Gasteiger partial charge on any atom is -0.453 e. The fourth-order valence-corrected chi connectivity index (χ4v) is 6.39. The van der Waals surface area contributed by atoms with Crippen LogP contribution in [0.2, 0.25) is 0 Å². The van der Waals surface area contributed by atoms with Crippen LogP contribution in [0.5, 0.6) is 0 Å². The molecule has 2 heterocycles. The highest BCUT2D eigenvalue weighted by Crippen LogP contribution is 2.24. The maximum absolute atomic E-state index is 13.3. The first-order valence-electron chi connectivity index (χ1n) is 17.2. The van der Waals surface area contributed by atoms with Crippen molar-refractivity contribution in [3.63, 3.8) is 0 Å². The molecule has 0 saturated carbocycles. The minimum atomic E-state index is -0.825. The number of hydrogen-bond acceptors (Lipinski definition) is 7. The second kappa shape index (κ2) is 16.8. The van der Waals surface area contributed by atoms with Crippen LogP contribution in [0.25, 0.3) is 0 Å². The summed E-state index contributed by atoms with van der Waals surface area (Å²) in [4.78, 5) is 80.4. The Kier molecular flexibility index (Phi) is 12.0. The van der Waals surface area contributed by atoms with Gasteiger partial charge in [0.25, 0.3) is 5.91 Å². The molecular formula is C38H44N6O7. The average molecular weight is 697 g/mol. The molecule has 13 heteroatoms. The van der Waals surface area contributed by atoms with Gasteiger partial charge in [-0.3, -0.25) is 24.0 Å². The first kappa shape index (κ1) is 36.6. The molecule has 2 saturated heterocycles. The number of alkyl carbamates (subject to hydrolysis) is 1. The molecule has 3 aromatic rings. The summed E-state index contributed by atoms with van der Waals surface area (Å²) in [6.07, 6.45) is 2.01. The molecule has 6 amide bonds. The maximum Gasteiger partial charge on any atom is 0.407 e. The monoisotopic (exact) mass is 696 g/mol. The summed E-state index contributed by atoms with van der Waals surface area (Å²) in [5, 5.41) is 11.1. The van der Waals surface area contributed by atoms with Crippen LogP contribution in [0.4, 0.5) is 21.9 Å². The number of carbonyl (C=O) groups is 6. The second-order valence-corrected chi connectivity index (χ2v) is 13.0. The SMILES string of the molecule is COC(=O)N[C@H](C(=O)N1CCC[C@H]1C(=O)Nc1ccc(NC(=O)c2ccc(NC(=O)[C@@H]3CCCN3C(=O)Cc3ccccc3)cc2)cc1)C(C)C. The second-order valence-electron chi connectivity index (χ2n) is 13.0. The van der Waals surface area contributed by atoms with Gasteiger partial charge in [0.15, 0.2) is 0 Å². The third-order valence-electron chi connectivity index (χ3n) is 9.13. The fourth-order valence-electron chi connectivity index (χ4n) is 6.39. The number of methoxy groups -OCH3 is 1. The van der Waals surface area contributed by atoms with Crippen LogP contribution in [0.1, 0.15) is 55.5 Å². The molecule has 2 aliphatic heterocycles. The minimum absolute atomic E-state index is 0.0835. The van der Waals surface area contributed by atoms with Crippen molar-refractivity contribution in [3.8, 4) is 0 Å². The first-order chi connectivity index (χ1) is 24.5. The van der Waals surface area contributed by atoms with Gasteiger partial charge in [-0.15, -0.1) is 0 Å². The average Bonchev–Trinajstić information content (AvgIpc) is 3.83. The van der Waals surface area contributed by atoms with Gasteiger partial charge in [0, 0.05) is 35.7 Å². The Morgan fingerprint density at radius 1 is 0.706 bits per heavy atom. The molecule has 0 aromatic heterocycles. The lowest BCUT2D eigenvalue weighted by Crippen LogP contribution is -2.54. The van der Waals surface area contributed by atoms with E-state index < -0.39 is 24.2 Å². The van der Waals surface area contributed by atoms with Gasteiger partial charge in [-0.05, 0) is 85.7 Å². The van der Waals surface area contributed by atoms with Gasteiger partial charge < -0.3 is 35.8 Å². The summed E-state index contributed by atoms with van der Waals surface area (Å²) >= 11 is 0. The first-order valence-corrected chi connectivity index (χ1v) is 17.2. The van der Waals surface area contributed by atoms with Crippen LogP contribution >= 0.6 is 0 Å². The van der Waals surface area contributed by atoms with E-state index in [1.54, 1.807) is 53.4 Å². The molecule has 268 valence electrons. The number of nitrogens with zero attached hydrogens (tertiary/aromatic N) is 2. The zero-order valence-corrected chi connectivity index (χ0v) is 29.0. The summed E-state index contributed by atoms with van der Waals surface area (Å²) in [7, 11) is 1.23. The number of amides is 6. The molecule has 0 unspecified atom stereocenters. The summed E-state index contributed by atoms with van der Waals surface area (Å²) in [6.45, 7) is 4.55. The number of benzene rings is 3. The molecule has 2 aliphatic rings. The lowest BCUT2D eigenvalue weighted by atomic mass is 10.0. The molecule has 5 rings (SSSR count). The van der Waals surface area contributed by atoms with Gasteiger partial charge in [0.05, 0.1) is 13.5 Å². The molecule has 0 spiro atoms. The van der Waals surface area contributed by atoms with E-state index in [9.17, 15) is 28.8 Å². The molecule has 3 atom stereocenters. The van der Waals surface area contributed by atoms with E-state index in [1.165, 1.54) is 12.0 Å². The van der Waals surface area contributed by atoms with E-state index in [0.717, 1.165) is 12.0 Å². The summed E-state index contributed by atoms with van der Waals surface area (Å²) < 4.78 is 4.66. The topological polar surface area (TPSA) is 166 Å². The quantitative estimate of drug-likeness (QED) is 0.230. The highest BCUT2D eigenvalue weighted by Gasteiger charge is 2.39. The lowest BCUT2D eigenvalue weighted by Gasteiger charge is -2.30. The van der Waals surface area contributed by atoms with E-state index in [4.69, 9.17) is 0 Å². The summed E-state index contributed by atoms with van der Waals surface area (Å²) in [5.41, 5.74) is 2.79. The number of carbonyl (C=O) groups excluding carboxylic acids is 6. The normalized spacial score (nSPS) is 17.4. The van der Waals surface area contributed by atoms with Gasteiger partial charge in [-0.2, -0.15) is 0 Å². The van der Waals surface area contributed by atoms with Gasteiger partial charge in [0.1, 0.15) is 18.1 Å². The van der Waals surface area contributed by atoms with Gasteiger partial charge >= 0.3 is 6.09 Å². The van der Waals surface area contributed by atoms with Crippen LogP contribution in [-0.4, -0.2) is 83.8 Å². The maximum atomic E-state index is 13.3. The lowest BCUT2D eigenvalue weighted by molar-refractivity contribution is -0.139. The third kappa shape index (κ3) is 9.30. The molecule has 0 aliphatic carbocycles. The Bertz CT molecular complexity index is 1730. The van der Waals surface area contributed by atoms with Gasteiger partial charge in [0.2, 0.25) is 23.6 Å². The van der Waals surface area contributed by atoms with Crippen molar-refractivity contribution >= 4 is 52.7 Å². The van der Waals surface area contributed by atoms with Crippen molar-refractivity contribution in [2.24, 2.45) is 5.92 Å². The van der Waals surface area contributed by atoms with E-state index in [-0.39, 0.29) is 41.9 Å². The standard InChI is InChI=1S/C38H44N6O7/c1-24(2)33(42-38(50)51-3)37(49)44-22-8-12-31(44)36(48)41-29-19-17-28(18-20-29)39-34(46)26-13-15-27(16-14-26)40-35(47)30-11-7-21-43(30)32(45)23-25-9-5-4-6-10-25/h4-6,9-10,13-20,24,30-31,33H,7-8,11-12,21-23H2,1-3H3,(H,39,46)(H,40,47)(H,41,48)(H,42,50)/t30-,31-,33-/m0/s1. The number of hydrogen-bond donors (Lipinski definition) is 4. The van der Waals surface area contributed by atoms with Crippen LogP contribution < -0.4 is 21.3 Å². The number of rotatable bonds is 11. The molecule has 0 radical (unpaired) electrons. The zero-order valence-electron chi connectivity index (χ0n) is 29.0. The van der Waals surface area contributed by atoms with Crippen molar-refractivity contribution in [1.82, 2.24) is 15.1 Å². The smallest absolute Gasteiger partial charge is 0.407 e. The van der Waals surface area contributed by atoms with Crippen LogP contribution in [-0.2, 0) is 30.3 Å². The van der Waals surface area contributed by atoms with Gasteiger partial charge in [-0.25, -0.2) is 4.79 Å². The van der Waals surface area contributed by atoms with Crippen LogP contribution in [0.15, 0.2) is 78.9 Å². The Labute approximate surface area is 297 Å². The van der Waals surface area contributed by atoms with Crippen molar-refractivity contribution in [2.75, 3.05) is 36.1 Å². The number of nitrogens with one attached hydrogen (secondary N) is 4. The highest BCUT2D eigenvalue weighted by atomic mass is 16.5. The largest absolute Gasteiger partial charge is 0.453 e. The molecule has 4 N–H and O–H groups in total. The van der Waals surface area contributed by atoms with Crippen molar-refractivity contribution in [3.05, 3.63) is 90.0 Å². The van der Waals surface area contributed by atoms with Crippen molar-refractivity contribution < 1.29 is 33.5 Å². The molecule has 13 nitrogen and oxygen atoms in total. The van der Waals surface area contributed by atoms with E-state index >= 15 is 0 Å². The number of likely N-dealkylation sites (tertiary alicyclic amines) is 2. The Balaban J connectivity index is 1.12. The summed E-state index contributed by atoms with van der Waals surface area (Å²) in [6, 6.07) is 20.5. The number of anilines is 3. The highest BCUT2D eigenvalue weighted by molar-refractivity contribution is 6.05. The summed E-state index contributed by atoms with van der Waals surface area (Å²) in [5.74, 6) is -1.60. The predicted octanol–water partition coefficient (Wildman–Crippen LogP) is 4.42. The van der Waals surface area contributed by atoms with E-state index in [1.807, 2.05) is 44.2 Å². The fraction of sp³-hybridized carbons (Fsp3) is 0.368. The predicted molar refractivity (Wildman–Crippen MR) is 192 cm³/mol. The van der Waals surface area contributed by atoms with Crippen molar-refractivity contribution in [1.29, 1.82) is 0 Å². The molecule has 3 aromatic carbocycles. The molecule has 2 fully saturated rings. The van der Waals surface area contributed by atoms with Crippen LogP contribution in [0.3, 0.4) is 0 Å². The van der Waals surface area contributed by atoms with E-state index in [2.05, 4.69) is 26.0 Å². The Morgan fingerprint density at radius 3 is 1.76 bits per heavy atom. The Morgan fingerprint density at radius 2 is 1.22 bits per heavy atom.